The Morgan fingerprint density at radius 2 is 2.04 bits per heavy atom. The highest BCUT2D eigenvalue weighted by Crippen LogP contribution is 2.19. The van der Waals surface area contributed by atoms with Gasteiger partial charge in [-0.1, -0.05) is 23.9 Å². The molecule has 8 heteroatoms. The molecule has 0 radical (unpaired) electrons. The fourth-order valence-electron chi connectivity index (χ4n) is 2.11. The fraction of sp³-hybridized carbons (Fsp3) is 0.438. The van der Waals surface area contributed by atoms with E-state index in [4.69, 9.17) is 0 Å². The topological polar surface area (TPSA) is 89.8 Å². The summed E-state index contributed by atoms with van der Waals surface area (Å²) in [7, 11) is 0. The Morgan fingerprint density at radius 3 is 2.75 bits per heavy atom. The van der Waals surface area contributed by atoms with Crippen LogP contribution in [0.25, 0.3) is 0 Å². The van der Waals surface area contributed by atoms with Gasteiger partial charge in [0.25, 0.3) is 0 Å². The van der Waals surface area contributed by atoms with Crippen LogP contribution in [0.5, 0.6) is 0 Å². The number of thioether (sulfide) groups is 1. The van der Waals surface area contributed by atoms with Gasteiger partial charge in [-0.25, -0.2) is 4.68 Å². The Bertz CT molecular complexity index is 714. The van der Waals surface area contributed by atoms with E-state index in [1.807, 2.05) is 13.8 Å². The molecule has 1 amide bonds. The molecule has 2 rings (SSSR count). The maximum atomic E-state index is 12.0. The predicted molar refractivity (Wildman–Crippen MR) is 93.2 cm³/mol. The summed E-state index contributed by atoms with van der Waals surface area (Å²) in [5.74, 6) is 0.573. The second kappa shape index (κ2) is 8.58. The van der Waals surface area contributed by atoms with E-state index in [1.54, 1.807) is 28.9 Å². The Morgan fingerprint density at radius 1 is 1.29 bits per heavy atom. The van der Waals surface area contributed by atoms with Gasteiger partial charge >= 0.3 is 0 Å². The Hall–Kier alpha value is -2.22. The lowest BCUT2D eigenvalue weighted by Gasteiger charge is -2.09. The van der Waals surface area contributed by atoms with Crippen molar-refractivity contribution in [1.82, 2.24) is 20.2 Å². The summed E-state index contributed by atoms with van der Waals surface area (Å²) < 4.78 is 1.76. The second-order valence-electron chi connectivity index (χ2n) is 5.60. The number of rotatable bonds is 8. The van der Waals surface area contributed by atoms with Crippen LogP contribution in [0.4, 0.5) is 5.69 Å². The second-order valence-corrected chi connectivity index (χ2v) is 6.66. The summed E-state index contributed by atoms with van der Waals surface area (Å²) in [6.45, 7) is 5.52. The zero-order valence-corrected chi connectivity index (χ0v) is 14.8. The van der Waals surface area contributed by atoms with Gasteiger partial charge in [0, 0.05) is 17.7 Å². The third-order valence-electron chi connectivity index (χ3n) is 3.31. The first-order chi connectivity index (χ1) is 11.5. The number of benzene rings is 1. The number of anilines is 1. The van der Waals surface area contributed by atoms with Crippen molar-refractivity contribution in [2.45, 2.75) is 44.8 Å². The average molecular weight is 347 g/mol. The van der Waals surface area contributed by atoms with Gasteiger partial charge in [0.1, 0.15) is 0 Å². The molecule has 0 unspecified atom stereocenters. The van der Waals surface area contributed by atoms with Crippen molar-refractivity contribution >= 4 is 29.1 Å². The van der Waals surface area contributed by atoms with Crippen molar-refractivity contribution in [3.63, 3.8) is 0 Å². The van der Waals surface area contributed by atoms with Gasteiger partial charge in [-0.05, 0) is 49.8 Å². The molecule has 0 aliphatic heterocycles. The molecule has 0 saturated heterocycles. The molecule has 1 N–H and O–H groups in total. The summed E-state index contributed by atoms with van der Waals surface area (Å²) >= 11 is 1.53. The van der Waals surface area contributed by atoms with Crippen molar-refractivity contribution in [3.05, 3.63) is 29.8 Å². The van der Waals surface area contributed by atoms with Gasteiger partial charge in [0.05, 0.1) is 11.7 Å². The number of amides is 1. The molecule has 1 heterocycles. The zero-order valence-electron chi connectivity index (χ0n) is 14.0. The van der Waals surface area contributed by atoms with Crippen LogP contribution in [0, 0.1) is 0 Å². The molecule has 0 fully saturated rings. The standard InChI is InChI=1S/C16H21N5O2S/c1-11(2)21-16(18-19-20-21)24-10-6-9-15(23)17-14-8-5-4-7-13(14)12(3)22/h4-5,7-8,11H,6,9-10H2,1-3H3,(H,17,23). The van der Waals surface area contributed by atoms with Gasteiger partial charge in [-0.15, -0.1) is 5.10 Å². The van der Waals surface area contributed by atoms with E-state index in [-0.39, 0.29) is 17.7 Å². The molecule has 1 aromatic heterocycles. The highest BCUT2D eigenvalue weighted by Gasteiger charge is 2.11. The number of ketones is 1. The minimum atomic E-state index is -0.104. The maximum absolute atomic E-state index is 12.0. The van der Waals surface area contributed by atoms with E-state index in [2.05, 4.69) is 20.8 Å². The quantitative estimate of drug-likeness (QED) is 0.448. The normalized spacial score (nSPS) is 10.8. The van der Waals surface area contributed by atoms with Crippen molar-refractivity contribution < 1.29 is 9.59 Å². The Balaban J connectivity index is 1.80. The van der Waals surface area contributed by atoms with E-state index < -0.39 is 0 Å². The summed E-state index contributed by atoms with van der Waals surface area (Å²) in [4.78, 5) is 23.6. The van der Waals surface area contributed by atoms with Gasteiger partial charge in [0.15, 0.2) is 5.78 Å². The molecule has 2 aromatic rings. The van der Waals surface area contributed by atoms with Crippen molar-refractivity contribution in [1.29, 1.82) is 0 Å². The number of hydrogen-bond acceptors (Lipinski definition) is 6. The summed E-state index contributed by atoms with van der Waals surface area (Å²) in [5.41, 5.74) is 1.09. The molecule has 0 atom stereocenters. The lowest BCUT2D eigenvalue weighted by atomic mass is 10.1. The minimum Gasteiger partial charge on any atom is -0.325 e. The maximum Gasteiger partial charge on any atom is 0.224 e. The van der Waals surface area contributed by atoms with Crippen LogP contribution in [-0.4, -0.2) is 37.7 Å². The van der Waals surface area contributed by atoms with E-state index in [9.17, 15) is 9.59 Å². The number of carbonyl (C=O) groups excluding carboxylic acids is 2. The zero-order chi connectivity index (χ0) is 17.5. The van der Waals surface area contributed by atoms with Gasteiger partial charge in [0.2, 0.25) is 11.1 Å². The lowest BCUT2D eigenvalue weighted by Crippen LogP contribution is -2.14. The van der Waals surface area contributed by atoms with Gasteiger partial charge in [-0.3, -0.25) is 9.59 Å². The first-order valence-corrected chi connectivity index (χ1v) is 8.78. The van der Waals surface area contributed by atoms with Crippen LogP contribution in [0.2, 0.25) is 0 Å². The molecule has 0 aliphatic carbocycles. The van der Waals surface area contributed by atoms with Crippen molar-refractivity contribution in [2.75, 3.05) is 11.1 Å². The minimum absolute atomic E-state index is 0.0676. The first kappa shape index (κ1) is 18.1. The molecule has 24 heavy (non-hydrogen) atoms. The van der Waals surface area contributed by atoms with Crippen LogP contribution < -0.4 is 5.32 Å². The molecule has 0 saturated carbocycles. The number of tetrazole rings is 1. The Labute approximate surface area is 145 Å². The summed E-state index contributed by atoms with van der Waals surface area (Å²) in [5, 5.41) is 15.1. The van der Waals surface area contributed by atoms with Crippen molar-refractivity contribution in [2.24, 2.45) is 0 Å². The van der Waals surface area contributed by atoms with Crippen LogP contribution in [0.1, 0.15) is 50.0 Å². The molecule has 7 nitrogen and oxygen atoms in total. The molecule has 128 valence electrons. The lowest BCUT2D eigenvalue weighted by molar-refractivity contribution is -0.116. The third-order valence-corrected chi connectivity index (χ3v) is 4.33. The number of para-hydroxylation sites is 1. The van der Waals surface area contributed by atoms with E-state index in [1.165, 1.54) is 18.7 Å². The molecule has 1 aromatic carbocycles. The molecular formula is C16H21N5O2S. The number of hydrogen-bond donors (Lipinski definition) is 1. The number of aromatic nitrogens is 4. The highest BCUT2D eigenvalue weighted by molar-refractivity contribution is 7.99. The SMILES string of the molecule is CC(=O)c1ccccc1NC(=O)CCCSc1nnnn1C(C)C. The molecule has 0 bridgehead atoms. The smallest absolute Gasteiger partial charge is 0.224 e. The number of nitrogens with zero attached hydrogens (tertiary/aromatic N) is 4. The summed E-state index contributed by atoms with van der Waals surface area (Å²) in [6, 6.07) is 7.22. The highest BCUT2D eigenvalue weighted by atomic mass is 32.2. The van der Waals surface area contributed by atoms with Gasteiger partial charge < -0.3 is 5.32 Å². The third kappa shape index (κ3) is 4.89. The van der Waals surface area contributed by atoms with E-state index >= 15 is 0 Å². The number of Topliss-reactive ketones (excluding diaryl/α,β-unsaturated/α-hetero) is 1. The molecule has 0 aliphatic rings. The molecular weight excluding hydrogens is 326 g/mol. The van der Waals surface area contributed by atoms with Crippen LogP contribution in [0.15, 0.2) is 29.4 Å². The predicted octanol–water partition coefficient (Wildman–Crippen LogP) is 2.97. The van der Waals surface area contributed by atoms with Crippen LogP contribution >= 0.6 is 11.8 Å². The Kier molecular flexibility index (Phi) is 6.48. The first-order valence-electron chi connectivity index (χ1n) is 7.79. The number of nitrogens with one attached hydrogen (secondary N) is 1. The number of carbonyl (C=O) groups is 2. The fourth-order valence-corrected chi connectivity index (χ4v) is 3.06. The van der Waals surface area contributed by atoms with Crippen LogP contribution in [-0.2, 0) is 4.79 Å². The largest absolute Gasteiger partial charge is 0.325 e. The average Bonchev–Trinajstić information content (AvgIpc) is 3.00. The van der Waals surface area contributed by atoms with E-state index in [0.29, 0.717) is 24.1 Å². The monoisotopic (exact) mass is 347 g/mol. The van der Waals surface area contributed by atoms with Crippen LogP contribution in [0.3, 0.4) is 0 Å². The van der Waals surface area contributed by atoms with E-state index in [0.717, 1.165) is 10.9 Å². The molecule has 0 spiro atoms. The van der Waals surface area contributed by atoms with Crippen molar-refractivity contribution in [3.8, 4) is 0 Å². The van der Waals surface area contributed by atoms with Gasteiger partial charge in [-0.2, -0.15) is 0 Å². The summed E-state index contributed by atoms with van der Waals surface area (Å²) in [6.07, 6.45) is 1.08.